The first-order valence-electron chi connectivity index (χ1n) is 12.2. The van der Waals surface area contributed by atoms with Crippen molar-refractivity contribution in [3.63, 3.8) is 0 Å². The molecule has 0 bridgehead atoms. The highest BCUT2D eigenvalue weighted by Gasteiger charge is 2.31. The van der Waals surface area contributed by atoms with E-state index in [1.165, 1.54) is 12.1 Å². The highest BCUT2D eigenvalue weighted by atomic mass is 19.1. The summed E-state index contributed by atoms with van der Waals surface area (Å²) in [6, 6.07) is 13.2. The lowest BCUT2D eigenvalue weighted by Crippen LogP contribution is -2.41. The van der Waals surface area contributed by atoms with Crippen molar-refractivity contribution < 1.29 is 23.4 Å². The Morgan fingerprint density at radius 3 is 2.78 bits per heavy atom. The van der Waals surface area contributed by atoms with Crippen LogP contribution in [0.2, 0.25) is 0 Å². The molecule has 0 radical (unpaired) electrons. The molecule has 0 aliphatic carbocycles. The lowest BCUT2D eigenvalue weighted by molar-refractivity contribution is -0.139. The maximum atomic E-state index is 15.4. The molecular formula is C29H30F2N2O3. The number of methoxy groups -OCH3 is 1. The summed E-state index contributed by atoms with van der Waals surface area (Å²) in [5, 5.41) is 10.2. The number of fused-ring (bicyclic) bond motifs is 1. The molecule has 0 amide bonds. The molecule has 2 heterocycles. The number of benzene rings is 2. The number of rotatable bonds is 8. The summed E-state index contributed by atoms with van der Waals surface area (Å²) >= 11 is 0. The fourth-order valence-corrected chi connectivity index (χ4v) is 4.98. The van der Waals surface area contributed by atoms with E-state index in [4.69, 9.17) is 4.74 Å². The van der Waals surface area contributed by atoms with Gasteiger partial charge in [0.05, 0.1) is 19.2 Å². The Bertz CT molecular complexity index is 1250. The molecule has 3 atom stereocenters. The van der Waals surface area contributed by atoms with E-state index >= 15 is 4.39 Å². The Hall–Kier alpha value is -3.50. The van der Waals surface area contributed by atoms with Crippen LogP contribution in [0.15, 0.2) is 54.7 Å². The number of likely N-dealkylation sites (tertiary alicyclic amines) is 1. The first-order chi connectivity index (χ1) is 17.4. The smallest absolute Gasteiger partial charge is 0.303 e. The summed E-state index contributed by atoms with van der Waals surface area (Å²) in [6.45, 7) is 1.91. The highest BCUT2D eigenvalue weighted by Crippen LogP contribution is 2.36. The van der Waals surface area contributed by atoms with E-state index in [0.717, 1.165) is 29.4 Å². The van der Waals surface area contributed by atoms with Crippen molar-refractivity contribution in [2.24, 2.45) is 11.8 Å². The third-order valence-electron chi connectivity index (χ3n) is 6.90. The first kappa shape index (κ1) is 25.6. The number of carboxylic acids is 1. The van der Waals surface area contributed by atoms with Crippen molar-refractivity contribution >= 4 is 16.9 Å². The summed E-state index contributed by atoms with van der Waals surface area (Å²) in [6.07, 6.45) is 2.23. The van der Waals surface area contributed by atoms with Gasteiger partial charge < -0.3 is 9.84 Å². The van der Waals surface area contributed by atoms with Crippen molar-refractivity contribution in [1.29, 1.82) is 0 Å². The van der Waals surface area contributed by atoms with E-state index in [9.17, 15) is 14.3 Å². The fourth-order valence-electron chi connectivity index (χ4n) is 4.98. The van der Waals surface area contributed by atoms with E-state index in [1.807, 2.05) is 12.1 Å². The van der Waals surface area contributed by atoms with Crippen LogP contribution in [0.5, 0.6) is 5.75 Å². The lowest BCUT2D eigenvalue weighted by atomic mass is 9.79. The van der Waals surface area contributed by atoms with Gasteiger partial charge in [-0.1, -0.05) is 11.8 Å². The molecule has 1 saturated heterocycles. The Morgan fingerprint density at radius 2 is 2.03 bits per heavy atom. The van der Waals surface area contributed by atoms with Crippen LogP contribution in [0, 0.1) is 29.5 Å². The van der Waals surface area contributed by atoms with Crippen LogP contribution in [-0.2, 0) is 4.79 Å². The zero-order chi connectivity index (χ0) is 25.5. The van der Waals surface area contributed by atoms with Gasteiger partial charge in [0.2, 0.25) is 0 Å². The molecule has 3 aromatic rings. The molecule has 36 heavy (non-hydrogen) atoms. The molecule has 0 saturated carbocycles. The van der Waals surface area contributed by atoms with E-state index in [1.54, 1.807) is 37.6 Å². The minimum absolute atomic E-state index is 0.0545. The number of nitrogens with zero attached hydrogens (tertiary/aromatic N) is 2. The Labute approximate surface area is 210 Å². The Kier molecular flexibility index (Phi) is 8.50. The van der Waals surface area contributed by atoms with E-state index in [0.29, 0.717) is 37.2 Å². The molecule has 1 unspecified atom stereocenters. The number of hydrogen-bond acceptors (Lipinski definition) is 4. The normalized spacial score (nSPS) is 18.9. The third kappa shape index (κ3) is 6.58. The monoisotopic (exact) mass is 492 g/mol. The van der Waals surface area contributed by atoms with Crippen molar-refractivity contribution in [2.75, 3.05) is 26.7 Å². The molecular weight excluding hydrogens is 462 g/mol. The predicted molar refractivity (Wildman–Crippen MR) is 135 cm³/mol. The second-order valence-corrected chi connectivity index (χ2v) is 9.28. The minimum Gasteiger partial charge on any atom is -0.497 e. The number of piperidine rings is 1. The van der Waals surface area contributed by atoms with Crippen LogP contribution in [-0.4, -0.2) is 47.7 Å². The van der Waals surface area contributed by atoms with Gasteiger partial charge in [0, 0.05) is 30.1 Å². The van der Waals surface area contributed by atoms with Crippen LogP contribution >= 0.6 is 0 Å². The SMILES string of the molecule is COc1ccc2nccc(C(F)CC[C@@H]3CCN(CC#Cc4ccc(F)cc4)C[C@@H]3CC(=O)O)c2c1. The Balaban J connectivity index is 1.38. The van der Waals surface area contributed by atoms with Gasteiger partial charge in [0.1, 0.15) is 17.7 Å². The zero-order valence-electron chi connectivity index (χ0n) is 20.3. The van der Waals surface area contributed by atoms with Gasteiger partial charge in [-0.2, -0.15) is 0 Å². The van der Waals surface area contributed by atoms with Gasteiger partial charge in [-0.05, 0) is 91.7 Å². The molecule has 4 rings (SSSR count). The van der Waals surface area contributed by atoms with Gasteiger partial charge in [0.15, 0.2) is 0 Å². The second kappa shape index (κ2) is 12.0. The maximum absolute atomic E-state index is 15.4. The maximum Gasteiger partial charge on any atom is 0.303 e. The van der Waals surface area contributed by atoms with Crippen LogP contribution in [0.3, 0.4) is 0 Å². The number of carboxylic acid groups (broad SMARTS) is 1. The van der Waals surface area contributed by atoms with E-state index in [-0.39, 0.29) is 24.1 Å². The first-order valence-corrected chi connectivity index (χ1v) is 12.2. The average Bonchev–Trinajstić information content (AvgIpc) is 2.88. The van der Waals surface area contributed by atoms with Gasteiger partial charge in [-0.25, -0.2) is 8.78 Å². The van der Waals surface area contributed by atoms with Crippen LogP contribution in [0.4, 0.5) is 8.78 Å². The topological polar surface area (TPSA) is 62.7 Å². The van der Waals surface area contributed by atoms with Crippen LogP contribution < -0.4 is 4.74 Å². The molecule has 5 nitrogen and oxygen atoms in total. The molecule has 1 N–H and O–H groups in total. The molecule has 2 aromatic carbocycles. The fraction of sp³-hybridized carbons (Fsp3) is 0.379. The number of aromatic nitrogens is 1. The number of pyridine rings is 1. The molecule has 1 aliphatic heterocycles. The largest absolute Gasteiger partial charge is 0.497 e. The number of halogens is 2. The third-order valence-corrected chi connectivity index (χ3v) is 6.90. The van der Waals surface area contributed by atoms with E-state index < -0.39 is 12.1 Å². The molecule has 0 spiro atoms. The van der Waals surface area contributed by atoms with Gasteiger partial charge >= 0.3 is 5.97 Å². The van der Waals surface area contributed by atoms with Gasteiger partial charge in [-0.15, -0.1) is 0 Å². The number of aliphatic carboxylic acids is 1. The van der Waals surface area contributed by atoms with Crippen molar-refractivity contribution in [3.05, 3.63) is 71.7 Å². The summed E-state index contributed by atoms with van der Waals surface area (Å²) in [5.74, 6) is 5.71. The summed E-state index contributed by atoms with van der Waals surface area (Å²) in [7, 11) is 1.58. The average molecular weight is 493 g/mol. The van der Waals surface area contributed by atoms with Gasteiger partial charge in [0.25, 0.3) is 0 Å². The zero-order valence-corrected chi connectivity index (χ0v) is 20.3. The number of carbonyl (C=O) groups is 1. The Morgan fingerprint density at radius 1 is 1.22 bits per heavy atom. The number of alkyl halides is 1. The summed E-state index contributed by atoms with van der Waals surface area (Å²) < 4.78 is 33.8. The van der Waals surface area contributed by atoms with Crippen LogP contribution in [0.1, 0.15) is 43.0 Å². The van der Waals surface area contributed by atoms with Gasteiger partial charge in [-0.3, -0.25) is 14.7 Å². The van der Waals surface area contributed by atoms with Crippen LogP contribution in [0.25, 0.3) is 10.9 Å². The van der Waals surface area contributed by atoms with Crippen molar-refractivity contribution in [1.82, 2.24) is 9.88 Å². The number of hydrogen-bond donors (Lipinski definition) is 1. The quantitative estimate of drug-likeness (QED) is 0.413. The van der Waals surface area contributed by atoms with E-state index in [2.05, 4.69) is 21.7 Å². The molecule has 1 aliphatic rings. The second-order valence-electron chi connectivity index (χ2n) is 9.28. The summed E-state index contributed by atoms with van der Waals surface area (Å²) in [5.41, 5.74) is 2.04. The standard InChI is InChI=1S/C29H30F2N2O3/c1-36-24-9-11-28-26(18-24)25(12-14-32-28)27(31)10-6-21-13-16-33(19-22(21)17-29(34)35)15-2-3-20-4-7-23(30)8-5-20/h4-5,7-9,11-12,14,18,21-22,27H,6,10,13,15-17,19H2,1H3,(H,34,35)/t21-,22+,27?/m1/s1. The molecule has 7 heteroatoms. The molecule has 1 aromatic heterocycles. The van der Waals surface area contributed by atoms with Crippen molar-refractivity contribution in [2.45, 2.75) is 31.9 Å². The summed E-state index contributed by atoms with van der Waals surface area (Å²) in [4.78, 5) is 18.0. The molecule has 188 valence electrons. The lowest BCUT2D eigenvalue weighted by Gasteiger charge is -2.37. The highest BCUT2D eigenvalue weighted by molar-refractivity contribution is 5.83. The predicted octanol–water partition coefficient (Wildman–Crippen LogP) is 5.64. The molecule has 1 fully saturated rings. The number of ether oxygens (including phenoxy) is 1. The minimum atomic E-state index is -1.17. The van der Waals surface area contributed by atoms with Crippen molar-refractivity contribution in [3.8, 4) is 17.6 Å².